The molecule has 150 valence electrons. The lowest BCUT2D eigenvalue weighted by Crippen LogP contribution is -2.18. The molecule has 0 fully saturated rings. The van der Waals surface area contributed by atoms with Crippen LogP contribution in [-0.2, 0) is 27.2 Å². The molecule has 0 aliphatic rings. The van der Waals surface area contributed by atoms with E-state index in [0.717, 1.165) is 36.4 Å². The summed E-state index contributed by atoms with van der Waals surface area (Å²) in [5.74, 6) is -0.395. The number of nitrogens with zero attached hydrogens (tertiary/aromatic N) is 3. The second-order valence-electron chi connectivity index (χ2n) is 5.78. The van der Waals surface area contributed by atoms with Crippen LogP contribution in [0.5, 0.6) is 0 Å². The van der Waals surface area contributed by atoms with Crippen LogP contribution in [0.25, 0.3) is 20.8 Å². The number of aromatic nitrogens is 2. The van der Waals surface area contributed by atoms with Crippen LogP contribution in [0.1, 0.15) is 12.6 Å². The third-order valence-electron chi connectivity index (χ3n) is 3.82. The molecule has 29 heavy (non-hydrogen) atoms. The van der Waals surface area contributed by atoms with E-state index in [1.165, 1.54) is 11.3 Å². The zero-order valence-corrected chi connectivity index (χ0v) is 18.3. The van der Waals surface area contributed by atoms with Gasteiger partial charge in [0.1, 0.15) is 10.0 Å². The van der Waals surface area contributed by atoms with E-state index < -0.39 is 17.2 Å². The summed E-state index contributed by atoms with van der Waals surface area (Å²) >= 11 is 1.45. The van der Waals surface area contributed by atoms with E-state index in [0.29, 0.717) is 10.7 Å². The summed E-state index contributed by atoms with van der Waals surface area (Å²) in [6.45, 7) is 2.02. The minimum atomic E-state index is -2.56. The quantitative estimate of drug-likeness (QED) is 0.295. The molecule has 4 rings (SSSR count). The Morgan fingerprint density at radius 1 is 1.24 bits per heavy atom. The number of benzene rings is 1. The minimum absolute atomic E-state index is 0.00503. The van der Waals surface area contributed by atoms with E-state index in [-0.39, 0.29) is 18.2 Å². The fourth-order valence-corrected chi connectivity index (χ4v) is 6.22. The Morgan fingerprint density at radius 3 is 2.83 bits per heavy atom. The normalized spacial score (nSPS) is 12.2. The van der Waals surface area contributed by atoms with Crippen molar-refractivity contribution in [3.05, 3.63) is 46.8 Å². The molecule has 3 heterocycles. The predicted octanol–water partition coefficient (Wildman–Crippen LogP) is 4.52. The van der Waals surface area contributed by atoms with Crippen LogP contribution in [-0.4, -0.2) is 31.3 Å². The second-order valence-corrected chi connectivity index (χ2v) is 9.33. The van der Waals surface area contributed by atoms with Crippen molar-refractivity contribution in [3.8, 4) is 10.6 Å². The van der Waals surface area contributed by atoms with Crippen LogP contribution >= 0.6 is 34.0 Å². The number of fused-ring (bicyclic) bond motifs is 1. The largest absolute Gasteiger partial charge is 0.755 e. The number of thiazole rings is 2. The molecule has 0 aliphatic carbocycles. The van der Waals surface area contributed by atoms with Gasteiger partial charge in [-0.15, -0.1) is 34.0 Å². The molecule has 11 heteroatoms. The highest BCUT2D eigenvalue weighted by Gasteiger charge is 2.19. The van der Waals surface area contributed by atoms with E-state index in [9.17, 15) is 13.6 Å². The Kier molecular flexibility index (Phi) is 6.01. The number of rotatable bonds is 7. The highest BCUT2D eigenvalue weighted by molar-refractivity contribution is 7.81. The summed E-state index contributed by atoms with van der Waals surface area (Å²) < 4.78 is 30.9. The van der Waals surface area contributed by atoms with Gasteiger partial charge >= 0.3 is 5.97 Å². The first-order chi connectivity index (χ1) is 14.0. The van der Waals surface area contributed by atoms with Crippen molar-refractivity contribution in [2.75, 3.05) is 10.9 Å². The lowest BCUT2D eigenvalue weighted by atomic mass is 10.3. The van der Waals surface area contributed by atoms with Crippen molar-refractivity contribution in [2.45, 2.75) is 13.3 Å². The SMILES string of the molecule is CCOC(=O)Cc1csc(N(c2cc(-c3nc4ccccc4s3)cs2)S(=O)[O-])n1. The molecule has 0 saturated carbocycles. The Labute approximate surface area is 181 Å². The third-order valence-corrected chi connectivity index (χ3v) is 7.59. The van der Waals surface area contributed by atoms with E-state index >= 15 is 0 Å². The zero-order chi connectivity index (χ0) is 20.4. The van der Waals surface area contributed by atoms with E-state index in [1.54, 1.807) is 29.7 Å². The van der Waals surface area contributed by atoms with Gasteiger partial charge in [-0.1, -0.05) is 12.1 Å². The molecule has 0 radical (unpaired) electrons. The zero-order valence-electron chi connectivity index (χ0n) is 15.1. The van der Waals surface area contributed by atoms with Gasteiger partial charge in [0.25, 0.3) is 0 Å². The van der Waals surface area contributed by atoms with Crippen LogP contribution in [0.15, 0.2) is 41.1 Å². The first-order valence-corrected chi connectivity index (χ1v) is 12.1. The molecule has 0 N–H and O–H groups in total. The molecular weight excluding hydrogens is 450 g/mol. The lowest BCUT2D eigenvalue weighted by Gasteiger charge is -2.21. The molecule has 0 bridgehead atoms. The Morgan fingerprint density at radius 2 is 2.07 bits per heavy atom. The van der Waals surface area contributed by atoms with E-state index in [1.807, 2.05) is 29.6 Å². The number of hydrogen-bond donors (Lipinski definition) is 0. The third kappa shape index (κ3) is 4.38. The summed E-state index contributed by atoms with van der Waals surface area (Å²) in [5.41, 5.74) is 2.24. The van der Waals surface area contributed by atoms with Crippen LogP contribution in [0.4, 0.5) is 10.1 Å². The number of ether oxygens (including phenoxy) is 1. The van der Waals surface area contributed by atoms with Gasteiger partial charge in [0.15, 0.2) is 0 Å². The van der Waals surface area contributed by atoms with Crippen LogP contribution in [0, 0.1) is 0 Å². The maximum absolute atomic E-state index is 11.9. The van der Waals surface area contributed by atoms with Gasteiger partial charge in [-0.2, -0.15) is 0 Å². The Balaban J connectivity index is 1.61. The maximum Gasteiger partial charge on any atom is 0.311 e. The van der Waals surface area contributed by atoms with Crippen molar-refractivity contribution in [2.24, 2.45) is 0 Å². The van der Waals surface area contributed by atoms with Crippen LogP contribution < -0.4 is 4.31 Å². The molecule has 4 aromatic rings. The van der Waals surface area contributed by atoms with Gasteiger partial charge in [0, 0.05) is 16.3 Å². The predicted molar refractivity (Wildman–Crippen MR) is 116 cm³/mol. The van der Waals surface area contributed by atoms with Gasteiger partial charge in [-0.05, 0) is 25.1 Å². The van der Waals surface area contributed by atoms with Crippen molar-refractivity contribution < 1.29 is 18.3 Å². The first kappa shape index (κ1) is 20.1. The fourth-order valence-electron chi connectivity index (χ4n) is 2.60. The summed E-state index contributed by atoms with van der Waals surface area (Å²) in [6, 6.07) is 9.63. The molecule has 0 aliphatic heterocycles. The number of anilines is 2. The molecule has 0 spiro atoms. The highest BCUT2D eigenvalue weighted by atomic mass is 32.2. The van der Waals surface area contributed by atoms with Gasteiger partial charge in [0.05, 0.1) is 40.2 Å². The molecular formula is C18H14N3O4S4-. The Bertz CT molecular complexity index is 1150. The topological polar surface area (TPSA) is 95.5 Å². The van der Waals surface area contributed by atoms with Crippen molar-refractivity contribution in [1.82, 2.24) is 9.97 Å². The number of thiophene rings is 1. The average Bonchev–Trinajstić information content (AvgIpc) is 3.41. The molecule has 1 unspecified atom stereocenters. The number of esters is 1. The molecule has 0 saturated heterocycles. The van der Waals surface area contributed by atoms with Gasteiger partial charge in [-0.3, -0.25) is 9.00 Å². The summed E-state index contributed by atoms with van der Waals surface area (Å²) in [6.07, 6.45) is 0.00503. The molecule has 7 nitrogen and oxygen atoms in total. The maximum atomic E-state index is 11.9. The summed E-state index contributed by atoms with van der Waals surface area (Å²) in [5, 5.41) is 5.14. The van der Waals surface area contributed by atoms with Crippen molar-refractivity contribution in [3.63, 3.8) is 0 Å². The number of carbonyl (C=O) groups excluding carboxylic acids is 1. The number of para-hydroxylation sites is 1. The first-order valence-electron chi connectivity index (χ1n) is 8.49. The average molecular weight is 465 g/mol. The smallest absolute Gasteiger partial charge is 0.311 e. The fraction of sp³-hybridized carbons (Fsp3) is 0.167. The van der Waals surface area contributed by atoms with Gasteiger partial charge in [0.2, 0.25) is 5.13 Å². The van der Waals surface area contributed by atoms with Gasteiger partial charge < -0.3 is 9.29 Å². The highest BCUT2D eigenvalue weighted by Crippen LogP contribution is 2.39. The second kappa shape index (κ2) is 8.67. The number of carbonyl (C=O) groups is 1. The van der Waals surface area contributed by atoms with Crippen molar-refractivity contribution >= 4 is 71.6 Å². The van der Waals surface area contributed by atoms with Crippen molar-refractivity contribution in [1.29, 1.82) is 0 Å². The Hall–Kier alpha value is -2.18. The molecule has 1 aromatic carbocycles. The van der Waals surface area contributed by atoms with E-state index in [2.05, 4.69) is 9.97 Å². The van der Waals surface area contributed by atoms with Gasteiger partial charge in [-0.25, -0.2) is 14.3 Å². The van der Waals surface area contributed by atoms with Crippen LogP contribution in [0.2, 0.25) is 0 Å². The lowest BCUT2D eigenvalue weighted by molar-refractivity contribution is -0.142. The summed E-state index contributed by atoms with van der Waals surface area (Å²) in [4.78, 5) is 20.5. The molecule has 1 atom stereocenters. The van der Waals surface area contributed by atoms with Crippen LogP contribution in [0.3, 0.4) is 0 Å². The minimum Gasteiger partial charge on any atom is -0.755 e. The standard InChI is InChI=1S/C18H15N3O4S4/c1-2-25-16(22)8-12-10-27-18(19-12)21(29(23)24)15-7-11(9-26-15)17-20-13-5-3-4-6-14(13)28-17/h3-7,9-10H,2,8H2,1H3,(H,23,24)/p-1. The monoisotopic (exact) mass is 464 g/mol. The summed E-state index contributed by atoms with van der Waals surface area (Å²) in [7, 11) is 0. The molecule has 3 aromatic heterocycles. The number of hydrogen-bond acceptors (Lipinski definition) is 9. The molecule has 0 amide bonds. The van der Waals surface area contributed by atoms with E-state index in [4.69, 9.17) is 4.74 Å².